The lowest BCUT2D eigenvalue weighted by atomic mass is 9.62. The van der Waals surface area contributed by atoms with E-state index in [9.17, 15) is 0 Å². The zero-order chi connectivity index (χ0) is 13.6. The molecule has 0 bridgehead atoms. The molecule has 2 N–H and O–H groups in total. The van der Waals surface area contributed by atoms with Gasteiger partial charge in [-0.05, 0) is 42.2 Å². The van der Waals surface area contributed by atoms with Crippen molar-refractivity contribution in [3.8, 4) is 0 Å². The smallest absolute Gasteiger partial charge is 0.0642 e. The van der Waals surface area contributed by atoms with Crippen LogP contribution in [0.1, 0.15) is 45.6 Å². The van der Waals surface area contributed by atoms with Crippen LogP contribution in [0.3, 0.4) is 0 Å². The van der Waals surface area contributed by atoms with Crippen LogP contribution in [0.2, 0.25) is 10.0 Å². The van der Waals surface area contributed by atoms with E-state index in [0.29, 0.717) is 16.0 Å². The molecule has 3 heteroatoms. The molecule has 100 valence electrons. The van der Waals surface area contributed by atoms with Crippen molar-refractivity contribution < 1.29 is 0 Å². The standard InChI is InChI=1S/C15H21Cl2N/c1-10-7-14(2,3)9-15(18,8-10)11-5-4-6-12(16)13(11)17/h4-6,10H,7-9,18H2,1-3H3. The third kappa shape index (κ3) is 2.68. The molecule has 0 aromatic heterocycles. The first-order valence-corrected chi connectivity index (χ1v) is 7.22. The predicted molar refractivity (Wildman–Crippen MR) is 79.1 cm³/mol. The van der Waals surface area contributed by atoms with Crippen molar-refractivity contribution >= 4 is 23.2 Å². The Hall–Kier alpha value is -0.240. The van der Waals surface area contributed by atoms with Crippen LogP contribution in [0.25, 0.3) is 0 Å². The molecule has 2 rings (SSSR count). The number of hydrogen-bond acceptors (Lipinski definition) is 1. The molecule has 0 spiro atoms. The highest BCUT2D eigenvalue weighted by molar-refractivity contribution is 6.42. The Morgan fingerprint density at radius 3 is 2.50 bits per heavy atom. The van der Waals surface area contributed by atoms with Gasteiger partial charge < -0.3 is 5.73 Å². The molecule has 2 atom stereocenters. The largest absolute Gasteiger partial charge is 0.321 e. The second-order valence-corrected chi connectivity index (χ2v) is 7.40. The van der Waals surface area contributed by atoms with E-state index in [-0.39, 0.29) is 11.0 Å². The van der Waals surface area contributed by atoms with E-state index >= 15 is 0 Å². The average molecular weight is 286 g/mol. The second kappa shape index (κ2) is 4.70. The van der Waals surface area contributed by atoms with E-state index in [1.807, 2.05) is 18.2 Å². The van der Waals surface area contributed by atoms with E-state index in [1.165, 1.54) is 6.42 Å². The van der Waals surface area contributed by atoms with Crippen LogP contribution < -0.4 is 5.73 Å². The van der Waals surface area contributed by atoms with Crippen molar-refractivity contribution in [2.24, 2.45) is 17.1 Å². The summed E-state index contributed by atoms with van der Waals surface area (Å²) in [5, 5.41) is 1.21. The molecule has 1 aliphatic carbocycles. The maximum Gasteiger partial charge on any atom is 0.0642 e. The summed E-state index contributed by atoms with van der Waals surface area (Å²) in [6, 6.07) is 5.76. The molecule has 1 nitrogen and oxygen atoms in total. The maximum absolute atomic E-state index is 6.67. The van der Waals surface area contributed by atoms with Crippen molar-refractivity contribution in [3.05, 3.63) is 33.8 Å². The monoisotopic (exact) mass is 285 g/mol. The molecule has 1 aliphatic rings. The van der Waals surface area contributed by atoms with Gasteiger partial charge in [-0.2, -0.15) is 0 Å². The summed E-state index contributed by atoms with van der Waals surface area (Å²) >= 11 is 12.5. The van der Waals surface area contributed by atoms with Crippen molar-refractivity contribution in [2.75, 3.05) is 0 Å². The van der Waals surface area contributed by atoms with Gasteiger partial charge in [0, 0.05) is 5.54 Å². The van der Waals surface area contributed by atoms with E-state index in [1.54, 1.807) is 0 Å². The van der Waals surface area contributed by atoms with E-state index in [0.717, 1.165) is 18.4 Å². The molecule has 18 heavy (non-hydrogen) atoms. The van der Waals surface area contributed by atoms with Gasteiger partial charge in [-0.25, -0.2) is 0 Å². The van der Waals surface area contributed by atoms with Crippen molar-refractivity contribution in [1.82, 2.24) is 0 Å². The molecular formula is C15H21Cl2N. The fourth-order valence-electron chi connectivity index (χ4n) is 3.73. The minimum Gasteiger partial charge on any atom is -0.321 e. The predicted octanol–water partition coefficient (Wildman–Crippen LogP) is 4.99. The van der Waals surface area contributed by atoms with Gasteiger partial charge in [0.15, 0.2) is 0 Å². The van der Waals surface area contributed by atoms with Crippen LogP contribution in [-0.4, -0.2) is 0 Å². The first-order chi connectivity index (χ1) is 8.23. The molecule has 0 aliphatic heterocycles. The van der Waals surface area contributed by atoms with Gasteiger partial charge in [0.1, 0.15) is 0 Å². The molecule has 1 fully saturated rings. The van der Waals surface area contributed by atoms with Crippen LogP contribution in [0.4, 0.5) is 0 Å². The Balaban J connectivity index is 2.44. The maximum atomic E-state index is 6.67. The first-order valence-electron chi connectivity index (χ1n) is 6.47. The van der Waals surface area contributed by atoms with Gasteiger partial charge in [-0.15, -0.1) is 0 Å². The second-order valence-electron chi connectivity index (χ2n) is 6.61. The quantitative estimate of drug-likeness (QED) is 0.773. The lowest BCUT2D eigenvalue weighted by Crippen LogP contribution is -2.46. The van der Waals surface area contributed by atoms with Crippen molar-refractivity contribution in [1.29, 1.82) is 0 Å². The molecule has 0 radical (unpaired) electrons. The van der Waals surface area contributed by atoms with Crippen molar-refractivity contribution in [2.45, 2.75) is 45.6 Å². The van der Waals surface area contributed by atoms with Gasteiger partial charge in [0.2, 0.25) is 0 Å². The Bertz CT molecular complexity index is 456. The lowest BCUT2D eigenvalue weighted by Gasteiger charge is -2.46. The minimum atomic E-state index is -0.358. The summed E-state index contributed by atoms with van der Waals surface area (Å²) in [5.41, 5.74) is 7.56. The molecule has 0 heterocycles. The Kier molecular flexibility index (Phi) is 3.70. The molecular weight excluding hydrogens is 265 g/mol. The average Bonchev–Trinajstić information content (AvgIpc) is 2.18. The molecule has 0 amide bonds. The zero-order valence-electron chi connectivity index (χ0n) is 11.3. The number of rotatable bonds is 1. The lowest BCUT2D eigenvalue weighted by molar-refractivity contribution is 0.107. The highest BCUT2D eigenvalue weighted by Gasteiger charge is 2.42. The van der Waals surface area contributed by atoms with Gasteiger partial charge >= 0.3 is 0 Å². The molecule has 1 aromatic carbocycles. The van der Waals surface area contributed by atoms with Crippen LogP contribution in [0, 0.1) is 11.3 Å². The molecule has 1 saturated carbocycles. The molecule has 1 aromatic rings. The van der Waals surface area contributed by atoms with Gasteiger partial charge in [0.25, 0.3) is 0 Å². The number of nitrogens with two attached hydrogens (primary N) is 1. The SMILES string of the molecule is CC1CC(C)(C)CC(N)(c2cccc(Cl)c2Cl)C1. The van der Waals surface area contributed by atoms with Crippen molar-refractivity contribution in [3.63, 3.8) is 0 Å². The summed E-state index contributed by atoms with van der Waals surface area (Å²) in [4.78, 5) is 0. The summed E-state index contributed by atoms with van der Waals surface area (Å²) in [7, 11) is 0. The number of hydrogen-bond donors (Lipinski definition) is 1. The third-order valence-corrected chi connectivity index (χ3v) is 4.71. The summed E-state index contributed by atoms with van der Waals surface area (Å²) < 4.78 is 0. The fourth-order valence-corrected chi connectivity index (χ4v) is 4.22. The third-order valence-electron chi connectivity index (χ3n) is 3.90. The number of halogens is 2. The van der Waals surface area contributed by atoms with Crippen LogP contribution >= 0.6 is 23.2 Å². The normalized spacial score (nSPS) is 31.3. The van der Waals surface area contributed by atoms with E-state index < -0.39 is 0 Å². The summed E-state index contributed by atoms with van der Waals surface area (Å²) in [6.07, 6.45) is 3.13. The summed E-state index contributed by atoms with van der Waals surface area (Å²) in [6.45, 7) is 6.83. The minimum absolute atomic E-state index is 0.248. The molecule has 0 saturated heterocycles. The topological polar surface area (TPSA) is 26.0 Å². The van der Waals surface area contributed by atoms with Crippen LogP contribution in [0.5, 0.6) is 0 Å². The summed E-state index contributed by atoms with van der Waals surface area (Å²) in [5.74, 6) is 0.605. The van der Waals surface area contributed by atoms with Gasteiger partial charge in [-0.3, -0.25) is 0 Å². The molecule has 2 unspecified atom stereocenters. The van der Waals surface area contributed by atoms with E-state index in [2.05, 4.69) is 20.8 Å². The van der Waals surface area contributed by atoms with Gasteiger partial charge in [0.05, 0.1) is 10.0 Å². The van der Waals surface area contributed by atoms with Gasteiger partial charge in [-0.1, -0.05) is 56.1 Å². The zero-order valence-corrected chi connectivity index (χ0v) is 12.8. The van der Waals surface area contributed by atoms with Crippen LogP contribution in [0.15, 0.2) is 18.2 Å². The Morgan fingerprint density at radius 1 is 1.22 bits per heavy atom. The highest BCUT2D eigenvalue weighted by Crippen LogP contribution is 2.49. The Morgan fingerprint density at radius 2 is 1.89 bits per heavy atom. The van der Waals surface area contributed by atoms with E-state index in [4.69, 9.17) is 28.9 Å². The number of benzene rings is 1. The van der Waals surface area contributed by atoms with Crippen LogP contribution in [-0.2, 0) is 5.54 Å². The highest BCUT2D eigenvalue weighted by atomic mass is 35.5. The Labute approximate surface area is 120 Å². The fraction of sp³-hybridized carbons (Fsp3) is 0.600. The first kappa shape index (κ1) is 14.2.